The van der Waals surface area contributed by atoms with Gasteiger partial charge < -0.3 is 0 Å². The largest absolute Gasteiger partial charge is 0.233 e. The van der Waals surface area contributed by atoms with Crippen LogP contribution in [0.4, 0.5) is 0 Å². The summed E-state index contributed by atoms with van der Waals surface area (Å²) in [5.41, 5.74) is 0. The summed E-state index contributed by atoms with van der Waals surface area (Å²) in [5, 5.41) is 11.8. The van der Waals surface area contributed by atoms with Crippen molar-refractivity contribution < 1.29 is 5.11 Å². The van der Waals surface area contributed by atoms with E-state index in [2.05, 4.69) is 0 Å². The van der Waals surface area contributed by atoms with E-state index in [1.165, 1.54) is 38.5 Å². The summed E-state index contributed by atoms with van der Waals surface area (Å²) in [4.78, 5) is 0. The Kier molecular flexibility index (Phi) is 1.90. The van der Waals surface area contributed by atoms with Crippen molar-refractivity contribution in [1.29, 1.82) is 0 Å². The van der Waals surface area contributed by atoms with Gasteiger partial charge in [-0.25, -0.2) is 5.11 Å². The number of fused-ring (bicyclic) bond motifs is 2. The maximum absolute atomic E-state index is 11.8. The van der Waals surface area contributed by atoms with E-state index in [-0.39, 0.29) is 6.10 Å². The molecule has 0 saturated heterocycles. The molecule has 0 aliphatic heterocycles. The van der Waals surface area contributed by atoms with Gasteiger partial charge in [0, 0.05) is 0 Å². The van der Waals surface area contributed by atoms with Gasteiger partial charge in [-0.15, -0.1) is 0 Å². The van der Waals surface area contributed by atoms with Crippen LogP contribution in [0.1, 0.15) is 44.9 Å². The molecule has 3 bridgehead atoms. The van der Waals surface area contributed by atoms with Crippen LogP contribution in [0.2, 0.25) is 0 Å². The molecule has 0 aromatic heterocycles. The molecule has 3 aliphatic carbocycles. The number of hydrogen-bond donors (Lipinski definition) is 0. The van der Waals surface area contributed by atoms with E-state index in [0.717, 1.165) is 24.2 Å². The Bertz CT molecular complexity index is 201. The molecule has 3 fully saturated rings. The van der Waals surface area contributed by atoms with Crippen molar-refractivity contribution in [3.05, 3.63) is 0 Å². The van der Waals surface area contributed by atoms with Crippen molar-refractivity contribution in [3.8, 4) is 0 Å². The third kappa shape index (κ3) is 1.32. The predicted molar refractivity (Wildman–Crippen MR) is 50.8 cm³/mol. The van der Waals surface area contributed by atoms with Crippen LogP contribution in [0.25, 0.3) is 0 Å². The van der Waals surface area contributed by atoms with Crippen LogP contribution in [0.3, 0.4) is 0 Å². The maximum atomic E-state index is 11.8. The van der Waals surface area contributed by atoms with Crippen molar-refractivity contribution in [2.45, 2.75) is 51.0 Å². The average Bonchev–Trinajstić information content (AvgIpc) is 2.23. The number of rotatable bonds is 0. The van der Waals surface area contributed by atoms with Gasteiger partial charge in [-0.1, -0.05) is 12.8 Å². The third-order valence-electron chi connectivity index (χ3n) is 4.86. The van der Waals surface area contributed by atoms with E-state index in [9.17, 15) is 5.11 Å². The molecule has 5 atom stereocenters. The standard InChI is InChI=1S/C12H19O/c13-12-7-9-3-1-8-2-4-10(12)6-11(9)5-8/h8-12H,1-7H2. The predicted octanol–water partition coefficient (Wildman–Crippen LogP) is 3.02. The van der Waals surface area contributed by atoms with Gasteiger partial charge in [-0.3, -0.25) is 0 Å². The Labute approximate surface area is 80.5 Å². The molecule has 1 radical (unpaired) electrons. The van der Waals surface area contributed by atoms with Gasteiger partial charge in [-0.2, -0.15) is 0 Å². The smallest absolute Gasteiger partial charge is 0.0961 e. The van der Waals surface area contributed by atoms with Crippen LogP contribution in [-0.4, -0.2) is 6.10 Å². The molecule has 0 aromatic carbocycles. The molecule has 0 N–H and O–H groups in total. The van der Waals surface area contributed by atoms with Crippen molar-refractivity contribution in [1.82, 2.24) is 0 Å². The van der Waals surface area contributed by atoms with Crippen LogP contribution < -0.4 is 0 Å². The van der Waals surface area contributed by atoms with Gasteiger partial charge in [0.2, 0.25) is 0 Å². The SMILES string of the molecule is [O]C1CC2CCC3CCC1CC2C3. The zero-order valence-electron chi connectivity index (χ0n) is 8.24. The Morgan fingerprint density at radius 1 is 0.692 bits per heavy atom. The number of hydrogen-bond acceptors (Lipinski definition) is 0. The van der Waals surface area contributed by atoms with Gasteiger partial charge in [0.25, 0.3) is 0 Å². The molecule has 1 nitrogen and oxygen atoms in total. The summed E-state index contributed by atoms with van der Waals surface area (Å²) >= 11 is 0. The highest BCUT2D eigenvalue weighted by Gasteiger charge is 2.42. The molecular weight excluding hydrogens is 160 g/mol. The monoisotopic (exact) mass is 179 g/mol. The molecule has 13 heavy (non-hydrogen) atoms. The maximum Gasteiger partial charge on any atom is 0.0961 e. The summed E-state index contributed by atoms with van der Waals surface area (Å²) in [6, 6.07) is 0. The van der Waals surface area contributed by atoms with Crippen LogP contribution in [0, 0.1) is 23.7 Å². The summed E-state index contributed by atoms with van der Waals surface area (Å²) in [6.07, 6.45) is 9.00. The summed E-state index contributed by atoms with van der Waals surface area (Å²) in [6.45, 7) is 0. The molecule has 0 amide bonds. The summed E-state index contributed by atoms with van der Waals surface area (Å²) < 4.78 is 0. The second-order valence-electron chi connectivity index (χ2n) is 5.55. The van der Waals surface area contributed by atoms with E-state index >= 15 is 0 Å². The molecule has 3 aliphatic rings. The fourth-order valence-electron chi connectivity index (χ4n) is 4.07. The molecule has 0 spiro atoms. The minimum absolute atomic E-state index is 0.196. The first-order valence-corrected chi connectivity index (χ1v) is 5.98. The van der Waals surface area contributed by atoms with E-state index in [1.54, 1.807) is 0 Å². The lowest BCUT2D eigenvalue weighted by atomic mass is 9.66. The van der Waals surface area contributed by atoms with Crippen LogP contribution in [0.5, 0.6) is 0 Å². The highest BCUT2D eigenvalue weighted by molar-refractivity contribution is 4.92. The molecule has 5 unspecified atom stereocenters. The first-order valence-electron chi connectivity index (χ1n) is 5.98. The van der Waals surface area contributed by atoms with Gasteiger partial charge in [0.1, 0.15) is 0 Å². The third-order valence-corrected chi connectivity index (χ3v) is 4.86. The highest BCUT2D eigenvalue weighted by Crippen LogP contribution is 2.50. The lowest BCUT2D eigenvalue weighted by Gasteiger charge is -2.40. The average molecular weight is 179 g/mol. The fraction of sp³-hybridized carbons (Fsp3) is 1.00. The molecule has 3 rings (SSSR count). The zero-order chi connectivity index (χ0) is 8.84. The summed E-state index contributed by atoms with van der Waals surface area (Å²) in [5.74, 6) is 3.34. The van der Waals surface area contributed by atoms with Crippen molar-refractivity contribution >= 4 is 0 Å². The lowest BCUT2D eigenvalue weighted by Crippen LogP contribution is -2.35. The van der Waals surface area contributed by atoms with E-state index < -0.39 is 0 Å². The molecule has 73 valence electrons. The molecule has 0 aromatic rings. The lowest BCUT2D eigenvalue weighted by molar-refractivity contribution is -0.0366. The van der Waals surface area contributed by atoms with Gasteiger partial charge in [0.05, 0.1) is 6.10 Å². The Morgan fingerprint density at radius 2 is 1.46 bits per heavy atom. The second kappa shape index (κ2) is 2.98. The first kappa shape index (κ1) is 8.28. The van der Waals surface area contributed by atoms with Gasteiger partial charge in [-0.05, 0) is 55.8 Å². The van der Waals surface area contributed by atoms with Crippen molar-refractivity contribution in [2.75, 3.05) is 0 Å². The van der Waals surface area contributed by atoms with Crippen molar-refractivity contribution in [2.24, 2.45) is 23.7 Å². The molecule has 1 heteroatoms. The van der Waals surface area contributed by atoms with Gasteiger partial charge in [0.15, 0.2) is 0 Å². The Hall–Kier alpha value is -0.0400. The minimum atomic E-state index is -0.196. The van der Waals surface area contributed by atoms with Crippen LogP contribution in [-0.2, 0) is 5.11 Å². The van der Waals surface area contributed by atoms with E-state index in [1.807, 2.05) is 0 Å². The van der Waals surface area contributed by atoms with E-state index in [4.69, 9.17) is 0 Å². The van der Waals surface area contributed by atoms with Gasteiger partial charge >= 0.3 is 0 Å². The van der Waals surface area contributed by atoms with E-state index in [0.29, 0.717) is 5.92 Å². The van der Waals surface area contributed by atoms with Crippen molar-refractivity contribution in [3.63, 3.8) is 0 Å². The molecular formula is C12H19O. The normalized spacial score (nSPS) is 54.7. The second-order valence-corrected chi connectivity index (χ2v) is 5.55. The first-order chi connectivity index (χ1) is 6.33. The Morgan fingerprint density at radius 3 is 2.31 bits per heavy atom. The summed E-state index contributed by atoms with van der Waals surface area (Å²) in [7, 11) is 0. The Balaban J connectivity index is 1.86. The fourth-order valence-corrected chi connectivity index (χ4v) is 4.07. The van der Waals surface area contributed by atoms with Crippen LogP contribution >= 0.6 is 0 Å². The van der Waals surface area contributed by atoms with Crippen LogP contribution in [0.15, 0.2) is 0 Å². The topological polar surface area (TPSA) is 19.9 Å². The highest BCUT2D eigenvalue weighted by atomic mass is 16.3. The zero-order valence-corrected chi connectivity index (χ0v) is 8.24. The minimum Gasteiger partial charge on any atom is -0.233 e. The quantitative estimate of drug-likeness (QED) is 0.544. The molecule has 3 saturated carbocycles. The molecule has 0 heterocycles.